The first kappa shape index (κ1) is 19.3. The first-order chi connectivity index (χ1) is 13.6. The van der Waals surface area contributed by atoms with Crippen LogP contribution in [0.3, 0.4) is 0 Å². The van der Waals surface area contributed by atoms with Crippen LogP contribution in [0.25, 0.3) is 0 Å². The zero-order valence-electron chi connectivity index (χ0n) is 15.1. The number of nitrogens with zero attached hydrogens (tertiary/aromatic N) is 1. The van der Waals surface area contributed by atoms with Crippen molar-refractivity contribution in [2.45, 2.75) is 6.61 Å². The summed E-state index contributed by atoms with van der Waals surface area (Å²) in [6.07, 6.45) is 0. The van der Waals surface area contributed by atoms with E-state index in [4.69, 9.17) is 26.3 Å². The lowest BCUT2D eigenvalue weighted by atomic mass is 10.1. The number of anilines is 1. The van der Waals surface area contributed by atoms with Crippen LogP contribution in [0.4, 0.5) is 5.69 Å². The van der Waals surface area contributed by atoms with Crippen LogP contribution in [0.5, 0.6) is 11.5 Å². The quantitative estimate of drug-likeness (QED) is 0.637. The van der Waals surface area contributed by atoms with E-state index in [9.17, 15) is 4.79 Å². The highest BCUT2D eigenvalue weighted by atomic mass is 35.5. The van der Waals surface area contributed by atoms with Gasteiger partial charge in [0.2, 0.25) is 0 Å². The molecule has 0 atom stereocenters. The molecule has 28 heavy (non-hydrogen) atoms. The number of rotatable bonds is 6. The Morgan fingerprint density at radius 2 is 1.93 bits per heavy atom. The van der Waals surface area contributed by atoms with Crippen molar-refractivity contribution in [3.63, 3.8) is 0 Å². The van der Waals surface area contributed by atoms with E-state index in [0.29, 0.717) is 33.3 Å². The van der Waals surface area contributed by atoms with Crippen molar-refractivity contribution in [3.05, 3.63) is 88.4 Å². The van der Waals surface area contributed by atoms with Crippen molar-refractivity contribution in [2.24, 2.45) is 0 Å². The van der Waals surface area contributed by atoms with Crippen LogP contribution in [0.1, 0.15) is 21.5 Å². The highest BCUT2D eigenvalue weighted by molar-refractivity contribution is 6.31. The smallest absolute Gasteiger partial charge is 0.255 e. The second kappa shape index (κ2) is 8.94. The van der Waals surface area contributed by atoms with E-state index in [-0.39, 0.29) is 12.5 Å². The van der Waals surface area contributed by atoms with E-state index in [0.717, 1.165) is 5.56 Å². The first-order valence-corrected chi connectivity index (χ1v) is 8.84. The summed E-state index contributed by atoms with van der Waals surface area (Å²) < 4.78 is 11.0. The monoisotopic (exact) mass is 392 g/mol. The molecule has 0 fully saturated rings. The number of carbonyl (C=O) groups is 1. The summed E-state index contributed by atoms with van der Waals surface area (Å²) in [4.78, 5) is 12.6. The summed E-state index contributed by atoms with van der Waals surface area (Å²) in [6, 6.07) is 21.2. The summed E-state index contributed by atoms with van der Waals surface area (Å²) in [5.41, 5.74) is 2.25. The van der Waals surface area contributed by atoms with Crippen LogP contribution in [0.2, 0.25) is 5.02 Å². The highest BCUT2D eigenvalue weighted by Gasteiger charge is 2.11. The van der Waals surface area contributed by atoms with Gasteiger partial charge in [-0.2, -0.15) is 5.26 Å². The summed E-state index contributed by atoms with van der Waals surface area (Å²) in [7, 11) is 1.52. The minimum absolute atomic E-state index is 0.233. The van der Waals surface area contributed by atoms with E-state index >= 15 is 0 Å². The maximum Gasteiger partial charge on any atom is 0.255 e. The van der Waals surface area contributed by atoms with Crippen molar-refractivity contribution in [1.29, 1.82) is 5.26 Å². The van der Waals surface area contributed by atoms with Crippen molar-refractivity contribution in [3.8, 4) is 17.6 Å². The Morgan fingerprint density at radius 3 is 2.71 bits per heavy atom. The molecule has 0 saturated carbocycles. The SMILES string of the molecule is COc1ccc(Cl)cc1NC(=O)c1cccc(OCc2ccccc2C#N)c1. The van der Waals surface area contributed by atoms with Crippen LogP contribution < -0.4 is 14.8 Å². The summed E-state index contributed by atoms with van der Waals surface area (Å²) in [5, 5.41) is 12.4. The Morgan fingerprint density at radius 1 is 1.11 bits per heavy atom. The van der Waals surface area contributed by atoms with Gasteiger partial charge in [0.1, 0.15) is 18.1 Å². The third-order valence-corrected chi connectivity index (χ3v) is 4.27. The topological polar surface area (TPSA) is 71.3 Å². The molecule has 0 aliphatic rings. The molecule has 0 saturated heterocycles. The van der Waals surface area contributed by atoms with Gasteiger partial charge in [-0.05, 0) is 42.5 Å². The molecule has 0 unspecified atom stereocenters. The number of nitrogens with one attached hydrogen (secondary N) is 1. The predicted molar refractivity (Wildman–Crippen MR) is 108 cm³/mol. The van der Waals surface area contributed by atoms with Gasteiger partial charge >= 0.3 is 0 Å². The third-order valence-electron chi connectivity index (χ3n) is 4.04. The van der Waals surface area contributed by atoms with Gasteiger partial charge in [-0.15, -0.1) is 0 Å². The van der Waals surface area contributed by atoms with Gasteiger partial charge in [-0.3, -0.25) is 4.79 Å². The molecule has 3 aromatic rings. The lowest BCUT2D eigenvalue weighted by Crippen LogP contribution is -2.12. The number of amides is 1. The predicted octanol–water partition coefficient (Wildman–Crippen LogP) is 5.05. The molecule has 1 amide bonds. The van der Waals surface area contributed by atoms with Crippen LogP contribution in [-0.2, 0) is 6.61 Å². The van der Waals surface area contributed by atoms with Crippen LogP contribution in [-0.4, -0.2) is 13.0 Å². The maximum atomic E-state index is 12.6. The molecule has 0 aliphatic carbocycles. The molecule has 1 N–H and O–H groups in total. The normalized spacial score (nSPS) is 10.0. The van der Waals surface area contributed by atoms with E-state index in [1.807, 2.05) is 12.1 Å². The fraction of sp³-hybridized carbons (Fsp3) is 0.0909. The molecular formula is C22H17ClN2O3. The molecule has 0 radical (unpaired) electrons. The standard InChI is InChI=1S/C22H17ClN2O3/c1-27-21-10-9-18(23)12-20(21)25-22(26)15-7-4-8-19(11-15)28-14-17-6-3-2-5-16(17)13-24/h2-12H,14H2,1H3,(H,25,26). The van der Waals surface area contributed by atoms with Gasteiger partial charge in [0.05, 0.1) is 24.4 Å². The summed E-state index contributed by atoms with van der Waals surface area (Å²) in [6.45, 7) is 0.233. The number of hydrogen-bond donors (Lipinski definition) is 1. The number of halogens is 1. The molecule has 3 rings (SSSR count). The Kier molecular flexibility index (Phi) is 6.15. The molecule has 0 aromatic heterocycles. The molecule has 0 aliphatic heterocycles. The van der Waals surface area contributed by atoms with Crippen molar-refractivity contribution in [2.75, 3.05) is 12.4 Å². The zero-order valence-corrected chi connectivity index (χ0v) is 15.9. The lowest BCUT2D eigenvalue weighted by Gasteiger charge is -2.12. The molecule has 0 heterocycles. The Balaban J connectivity index is 1.73. The lowest BCUT2D eigenvalue weighted by molar-refractivity contribution is 0.102. The third kappa shape index (κ3) is 4.61. The molecule has 140 valence electrons. The fourth-order valence-corrected chi connectivity index (χ4v) is 2.79. The molecule has 0 bridgehead atoms. The van der Waals surface area contributed by atoms with E-state index in [1.54, 1.807) is 54.6 Å². The van der Waals surface area contributed by atoms with Crippen LogP contribution in [0, 0.1) is 11.3 Å². The Bertz CT molecular complexity index is 1040. The molecule has 0 spiro atoms. The average Bonchev–Trinajstić information content (AvgIpc) is 2.73. The largest absolute Gasteiger partial charge is 0.495 e. The van der Waals surface area contributed by atoms with Crippen molar-refractivity contribution >= 4 is 23.2 Å². The first-order valence-electron chi connectivity index (χ1n) is 8.46. The number of benzene rings is 3. The highest BCUT2D eigenvalue weighted by Crippen LogP contribution is 2.28. The van der Waals surface area contributed by atoms with Gasteiger partial charge < -0.3 is 14.8 Å². The van der Waals surface area contributed by atoms with Crippen LogP contribution >= 0.6 is 11.6 Å². The Labute approximate surface area is 168 Å². The second-order valence-corrected chi connectivity index (χ2v) is 6.32. The number of methoxy groups -OCH3 is 1. The van der Waals surface area contributed by atoms with Gasteiger partial charge in [0.15, 0.2) is 0 Å². The molecular weight excluding hydrogens is 376 g/mol. The second-order valence-electron chi connectivity index (χ2n) is 5.88. The Hall–Kier alpha value is -3.49. The van der Waals surface area contributed by atoms with Crippen molar-refractivity contribution in [1.82, 2.24) is 0 Å². The van der Waals surface area contributed by atoms with E-state index in [2.05, 4.69) is 11.4 Å². The number of nitriles is 1. The minimum atomic E-state index is -0.316. The summed E-state index contributed by atoms with van der Waals surface area (Å²) in [5.74, 6) is 0.722. The van der Waals surface area contributed by atoms with Crippen LogP contribution in [0.15, 0.2) is 66.7 Å². The molecule has 3 aromatic carbocycles. The fourth-order valence-electron chi connectivity index (χ4n) is 2.62. The number of ether oxygens (including phenoxy) is 2. The molecule has 5 nitrogen and oxygen atoms in total. The van der Waals surface area contributed by atoms with Gasteiger partial charge in [-0.25, -0.2) is 0 Å². The summed E-state index contributed by atoms with van der Waals surface area (Å²) >= 11 is 6.00. The van der Waals surface area contributed by atoms with Gasteiger partial charge in [-0.1, -0.05) is 35.9 Å². The maximum absolute atomic E-state index is 12.6. The zero-order chi connectivity index (χ0) is 19.9. The van der Waals surface area contributed by atoms with Gasteiger partial charge in [0, 0.05) is 16.1 Å². The van der Waals surface area contributed by atoms with E-state index in [1.165, 1.54) is 7.11 Å². The number of hydrogen-bond acceptors (Lipinski definition) is 4. The average molecular weight is 393 g/mol. The molecule has 6 heteroatoms. The van der Waals surface area contributed by atoms with Gasteiger partial charge in [0.25, 0.3) is 5.91 Å². The van der Waals surface area contributed by atoms with E-state index < -0.39 is 0 Å². The number of carbonyl (C=O) groups excluding carboxylic acids is 1. The minimum Gasteiger partial charge on any atom is -0.495 e. The van der Waals surface area contributed by atoms with Crippen molar-refractivity contribution < 1.29 is 14.3 Å².